The van der Waals surface area contributed by atoms with Crippen LogP contribution in [0.15, 0.2) is 12.4 Å². The summed E-state index contributed by atoms with van der Waals surface area (Å²) in [6.07, 6.45) is 5.72. The van der Waals surface area contributed by atoms with Crippen molar-refractivity contribution in [3.8, 4) is 0 Å². The summed E-state index contributed by atoms with van der Waals surface area (Å²) < 4.78 is 25.9. The number of sulfonamides is 1. The fourth-order valence-electron chi connectivity index (χ4n) is 2.35. The largest absolute Gasteiger partial charge is 0.322 e. The molecule has 1 aliphatic rings. The van der Waals surface area contributed by atoms with Gasteiger partial charge < -0.3 is 10.2 Å². The molecule has 9 heteroatoms. The Bertz CT molecular complexity index is 565. The number of H-pyrrole nitrogens is 1. The van der Waals surface area contributed by atoms with Crippen molar-refractivity contribution in [2.75, 3.05) is 37.2 Å². The van der Waals surface area contributed by atoms with Gasteiger partial charge >= 0.3 is 6.03 Å². The lowest BCUT2D eigenvalue weighted by molar-refractivity contribution is 0.184. The van der Waals surface area contributed by atoms with Crippen LogP contribution in [-0.4, -0.2) is 65.8 Å². The summed E-state index contributed by atoms with van der Waals surface area (Å²) in [6, 6.07) is -0.232. The Morgan fingerprint density at radius 3 is 2.64 bits per heavy atom. The number of anilines is 1. The third-order valence-electron chi connectivity index (χ3n) is 3.67. The lowest BCUT2D eigenvalue weighted by Crippen LogP contribution is -2.52. The molecule has 0 bridgehead atoms. The molecule has 0 aliphatic carbocycles. The van der Waals surface area contributed by atoms with Gasteiger partial charge in [0.05, 0.1) is 17.6 Å². The van der Waals surface area contributed by atoms with Crippen LogP contribution in [0, 0.1) is 0 Å². The van der Waals surface area contributed by atoms with Gasteiger partial charge in [-0.1, -0.05) is 19.8 Å². The number of hydrogen-bond donors (Lipinski definition) is 2. The summed E-state index contributed by atoms with van der Waals surface area (Å²) >= 11 is 0. The van der Waals surface area contributed by atoms with Crippen LogP contribution in [0.4, 0.5) is 10.5 Å². The zero-order chi connectivity index (χ0) is 16.0. The summed E-state index contributed by atoms with van der Waals surface area (Å²) in [5.41, 5.74) is 0.597. The first-order chi connectivity index (χ1) is 10.5. The van der Waals surface area contributed by atoms with Crippen LogP contribution in [0.1, 0.15) is 26.2 Å². The lowest BCUT2D eigenvalue weighted by atomic mass is 10.3. The Morgan fingerprint density at radius 2 is 2.05 bits per heavy atom. The summed E-state index contributed by atoms with van der Waals surface area (Å²) in [6.45, 7) is 3.55. The minimum atomic E-state index is -3.19. The molecule has 1 aromatic heterocycles. The molecule has 0 unspecified atom stereocenters. The molecule has 2 N–H and O–H groups in total. The topological polar surface area (TPSA) is 98.4 Å². The van der Waals surface area contributed by atoms with Gasteiger partial charge in [-0.15, -0.1) is 0 Å². The molecular weight excluding hydrogens is 306 g/mol. The number of aromatic nitrogens is 2. The molecule has 1 aliphatic heterocycles. The number of rotatable bonds is 6. The Kier molecular flexibility index (Phi) is 5.78. The van der Waals surface area contributed by atoms with Crippen LogP contribution >= 0.6 is 0 Å². The van der Waals surface area contributed by atoms with Crippen LogP contribution in [0.2, 0.25) is 0 Å². The number of urea groups is 1. The number of carbonyl (C=O) groups excluding carboxylic acids is 1. The highest BCUT2D eigenvalue weighted by Crippen LogP contribution is 2.12. The van der Waals surface area contributed by atoms with Gasteiger partial charge in [-0.2, -0.15) is 9.40 Å². The van der Waals surface area contributed by atoms with Crippen molar-refractivity contribution in [1.29, 1.82) is 0 Å². The highest BCUT2D eigenvalue weighted by molar-refractivity contribution is 7.89. The molecule has 0 radical (unpaired) electrons. The van der Waals surface area contributed by atoms with Crippen LogP contribution in [0.3, 0.4) is 0 Å². The standard InChI is InChI=1S/C13H23N5O3S/c1-2-3-4-9-22(20,21)18-7-5-17(6-8-18)13(19)16-12-10-14-15-11-12/h10-11H,2-9H2,1H3,(H,14,15)(H,16,19). The maximum atomic E-state index is 12.2. The second-order valence-corrected chi connectivity index (χ2v) is 7.41. The first kappa shape index (κ1) is 16.8. The molecule has 2 heterocycles. The second-order valence-electron chi connectivity index (χ2n) is 5.33. The van der Waals surface area contributed by atoms with Crippen molar-refractivity contribution >= 4 is 21.7 Å². The molecule has 0 saturated carbocycles. The van der Waals surface area contributed by atoms with Crippen molar-refractivity contribution in [2.24, 2.45) is 0 Å². The first-order valence-electron chi connectivity index (χ1n) is 7.55. The zero-order valence-electron chi connectivity index (χ0n) is 12.8. The molecule has 22 heavy (non-hydrogen) atoms. The third-order valence-corrected chi connectivity index (χ3v) is 5.63. The molecule has 8 nitrogen and oxygen atoms in total. The summed E-state index contributed by atoms with van der Waals surface area (Å²) in [5, 5.41) is 9.09. The number of piperazine rings is 1. The fraction of sp³-hybridized carbons (Fsp3) is 0.692. The number of unbranched alkanes of at least 4 members (excludes halogenated alkanes) is 2. The van der Waals surface area contributed by atoms with Gasteiger partial charge in [-0.3, -0.25) is 5.10 Å². The van der Waals surface area contributed by atoms with E-state index < -0.39 is 10.0 Å². The van der Waals surface area contributed by atoms with E-state index in [1.807, 2.05) is 6.92 Å². The van der Waals surface area contributed by atoms with Crippen LogP contribution in [-0.2, 0) is 10.0 Å². The maximum Gasteiger partial charge on any atom is 0.322 e. The number of hydrogen-bond acceptors (Lipinski definition) is 4. The highest BCUT2D eigenvalue weighted by atomic mass is 32.2. The number of amides is 2. The average Bonchev–Trinajstić information content (AvgIpc) is 3.00. The van der Waals surface area contributed by atoms with E-state index in [1.54, 1.807) is 11.1 Å². The molecule has 0 spiro atoms. The van der Waals surface area contributed by atoms with E-state index in [-0.39, 0.29) is 11.8 Å². The van der Waals surface area contributed by atoms with Gasteiger partial charge in [0.1, 0.15) is 0 Å². The number of carbonyl (C=O) groups is 1. The van der Waals surface area contributed by atoms with E-state index in [0.717, 1.165) is 12.8 Å². The molecule has 2 rings (SSSR count). The molecular formula is C13H23N5O3S. The van der Waals surface area contributed by atoms with E-state index in [9.17, 15) is 13.2 Å². The summed E-state index contributed by atoms with van der Waals surface area (Å²) in [4.78, 5) is 13.7. The SMILES string of the molecule is CCCCCS(=O)(=O)N1CCN(C(=O)Nc2cn[nH]c2)CC1. The Hall–Kier alpha value is -1.61. The summed E-state index contributed by atoms with van der Waals surface area (Å²) in [7, 11) is -3.19. The molecule has 1 saturated heterocycles. The van der Waals surface area contributed by atoms with E-state index in [0.29, 0.717) is 38.3 Å². The minimum Gasteiger partial charge on any atom is -0.322 e. The van der Waals surface area contributed by atoms with E-state index in [4.69, 9.17) is 0 Å². The van der Waals surface area contributed by atoms with Gasteiger partial charge in [-0.25, -0.2) is 13.2 Å². The third kappa shape index (κ3) is 4.44. The van der Waals surface area contributed by atoms with Gasteiger partial charge in [0, 0.05) is 32.4 Å². The van der Waals surface area contributed by atoms with Crippen LogP contribution in [0.5, 0.6) is 0 Å². The smallest absolute Gasteiger partial charge is 0.322 e. The van der Waals surface area contributed by atoms with Crippen molar-refractivity contribution < 1.29 is 13.2 Å². The zero-order valence-corrected chi connectivity index (χ0v) is 13.6. The highest BCUT2D eigenvalue weighted by Gasteiger charge is 2.28. The van der Waals surface area contributed by atoms with Gasteiger partial charge in [-0.05, 0) is 6.42 Å². The van der Waals surface area contributed by atoms with Crippen molar-refractivity contribution in [3.63, 3.8) is 0 Å². The van der Waals surface area contributed by atoms with Gasteiger partial charge in [0.15, 0.2) is 0 Å². The molecule has 0 atom stereocenters. The van der Waals surface area contributed by atoms with Crippen molar-refractivity contribution in [3.05, 3.63) is 12.4 Å². The predicted molar refractivity (Wildman–Crippen MR) is 84.1 cm³/mol. The quantitative estimate of drug-likeness (QED) is 0.763. The number of nitrogens with zero attached hydrogens (tertiary/aromatic N) is 3. The molecule has 0 aromatic carbocycles. The molecule has 1 aromatic rings. The Balaban J connectivity index is 1.81. The first-order valence-corrected chi connectivity index (χ1v) is 9.16. The second kappa shape index (κ2) is 7.59. The fourth-order valence-corrected chi connectivity index (χ4v) is 3.90. The molecule has 2 amide bonds. The van der Waals surface area contributed by atoms with Crippen LogP contribution < -0.4 is 5.32 Å². The van der Waals surface area contributed by atoms with Crippen molar-refractivity contribution in [2.45, 2.75) is 26.2 Å². The normalized spacial score (nSPS) is 16.7. The van der Waals surface area contributed by atoms with E-state index >= 15 is 0 Å². The van der Waals surface area contributed by atoms with Gasteiger partial charge in [0.25, 0.3) is 0 Å². The average molecular weight is 329 g/mol. The number of nitrogens with one attached hydrogen (secondary N) is 2. The minimum absolute atomic E-state index is 0.196. The maximum absolute atomic E-state index is 12.2. The monoisotopic (exact) mass is 329 g/mol. The Labute approximate surface area is 130 Å². The lowest BCUT2D eigenvalue weighted by Gasteiger charge is -2.33. The van der Waals surface area contributed by atoms with Gasteiger partial charge in [0.2, 0.25) is 10.0 Å². The van der Waals surface area contributed by atoms with Crippen molar-refractivity contribution in [1.82, 2.24) is 19.4 Å². The van der Waals surface area contributed by atoms with E-state index in [2.05, 4.69) is 15.5 Å². The predicted octanol–water partition coefficient (Wildman–Crippen LogP) is 1.08. The van der Waals surface area contributed by atoms with E-state index in [1.165, 1.54) is 10.5 Å². The van der Waals surface area contributed by atoms with Crippen LogP contribution in [0.25, 0.3) is 0 Å². The summed E-state index contributed by atoms with van der Waals surface area (Å²) in [5.74, 6) is 0.196. The Morgan fingerprint density at radius 1 is 1.32 bits per heavy atom. The molecule has 1 fully saturated rings. The molecule has 124 valence electrons. The number of aromatic amines is 1.